The number of halogens is 1. The third-order valence-corrected chi connectivity index (χ3v) is 5.81. The topological polar surface area (TPSA) is 61.4 Å². The van der Waals surface area contributed by atoms with Crippen LogP contribution < -0.4 is 10.6 Å². The summed E-state index contributed by atoms with van der Waals surface area (Å²) in [6, 6.07) is 8.36. The summed E-state index contributed by atoms with van der Waals surface area (Å²) in [5.74, 6) is 0.881. The van der Waals surface area contributed by atoms with Crippen molar-refractivity contribution in [1.82, 2.24) is 20.4 Å². The van der Waals surface area contributed by atoms with Crippen LogP contribution in [0.1, 0.15) is 24.9 Å². The number of benzene rings is 1. The number of nitrogens with one attached hydrogen (secondary N) is 2. The lowest BCUT2D eigenvalue weighted by Crippen LogP contribution is -2.42. The second-order valence-corrected chi connectivity index (χ2v) is 8.11. The van der Waals surface area contributed by atoms with Crippen molar-refractivity contribution in [3.63, 3.8) is 0 Å². The van der Waals surface area contributed by atoms with Gasteiger partial charge in [0.1, 0.15) is 0 Å². The summed E-state index contributed by atoms with van der Waals surface area (Å²) in [5.41, 5.74) is 1.24. The Bertz CT molecular complexity index is 631. The van der Waals surface area contributed by atoms with Gasteiger partial charge in [-0.15, -0.1) is 0 Å². The van der Waals surface area contributed by atoms with Gasteiger partial charge in [0.05, 0.1) is 39.0 Å². The van der Waals surface area contributed by atoms with Crippen molar-refractivity contribution in [3.05, 3.63) is 34.9 Å². The minimum atomic E-state index is 0.218. The number of nitrogens with zero attached hydrogens (tertiary/aromatic N) is 3. The first-order chi connectivity index (χ1) is 14.8. The molecular formula is C22H36ClN5O2. The SMILES string of the molecule is CCNC(=NCC(c1ccc(Cl)cc1)N1CCOCC1)NCCCN1CCOCC1. The van der Waals surface area contributed by atoms with Crippen LogP contribution >= 0.6 is 11.6 Å². The molecule has 8 heteroatoms. The molecule has 1 unspecified atom stereocenters. The molecule has 2 aliphatic rings. The van der Waals surface area contributed by atoms with E-state index in [-0.39, 0.29) is 6.04 Å². The molecular weight excluding hydrogens is 402 g/mol. The van der Waals surface area contributed by atoms with E-state index < -0.39 is 0 Å². The quantitative estimate of drug-likeness (QED) is 0.350. The van der Waals surface area contributed by atoms with Crippen LogP contribution in [0.2, 0.25) is 5.02 Å². The number of aliphatic imine (C=N–C) groups is 1. The minimum Gasteiger partial charge on any atom is -0.379 e. The third-order valence-electron chi connectivity index (χ3n) is 5.56. The standard InChI is InChI=1S/C22H36ClN5O2/c1-2-24-22(25-8-3-9-27-10-14-29-15-11-27)26-18-21(28-12-16-30-17-13-28)19-4-6-20(23)7-5-19/h4-7,21H,2-3,8-18H2,1H3,(H2,24,25,26). The summed E-state index contributed by atoms with van der Waals surface area (Å²) in [4.78, 5) is 9.84. The fourth-order valence-corrected chi connectivity index (χ4v) is 3.99. The summed E-state index contributed by atoms with van der Waals surface area (Å²) in [6.07, 6.45) is 1.09. The van der Waals surface area contributed by atoms with E-state index in [4.69, 9.17) is 26.1 Å². The Morgan fingerprint density at radius 1 is 1.03 bits per heavy atom. The van der Waals surface area contributed by atoms with E-state index in [1.54, 1.807) is 0 Å². The molecule has 30 heavy (non-hydrogen) atoms. The highest BCUT2D eigenvalue weighted by Crippen LogP contribution is 2.24. The zero-order chi connectivity index (χ0) is 21.0. The van der Waals surface area contributed by atoms with E-state index in [2.05, 4.69) is 39.5 Å². The second-order valence-electron chi connectivity index (χ2n) is 7.67. The third kappa shape index (κ3) is 7.71. The van der Waals surface area contributed by atoms with Gasteiger partial charge in [-0.25, -0.2) is 0 Å². The molecule has 0 aromatic heterocycles. The van der Waals surface area contributed by atoms with Crippen molar-refractivity contribution in [2.75, 3.05) is 78.8 Å². The summed E-state index contributed by atoms with van der Waals surface area (Å²) >= 11 is 6.11. The van der Waals surface area contributed by atoms with Crippen LogP contribution in [0.4, 0.5) is 0 Å². The van der Waals surface area contributed by atoms with Crippen LogP contribution in [0.25, 0.3) is 0 Å². The first kappa shape index (κ1) is 23.3. The molecule has 0 radical (unpaired) electrons. The minimum absolute atomic E-state index is 0.218. The van der Waals surface area contributed by atoms with Crippen molar-refractivity contribution in [2.24, 2.45) is 4.99 Å². The van der Waals surface area contributed by atoms with Gasteiger partial charge in [-0.2, -0.15) is 0 Å². The number of hydrogen-bond donors (Lipinski definition) is 2. The van der Waals surface area contributed by atoms with Crippen LogP contribution in [0.5, 0.6) is 0 Å². The maximum Gasteiger partial charge on any atom is 0.191 e. The Kier molecular flexibility index (Phi) is 10.2. The van der Waals surface area contributed by atoms with E-state index >= 15 is 0 Å². The maximum atomic E-state index is 6.11. The van der Waals surface area contributed by atoms with Crippen LogP contribution in [-0.2, 0) is 9.47 Å². The molecule has 2 N–H and O–H groups in total. The largest absolute Gasteiger partial charge is 0.379 e. The molecule has 2 heterocycles. The van der Waals surface area contributed by atoms with Gasteiger partial charge in [-0.3, -0.25) is 14.8 Å². The van der Waals surface area contributed by atoms with Crippen LogP contribution in [0.15, 0.2) is 29.3 Å². The van der Waals surface area contributed by atoms with Crippen LogP contribution in [-0.4, -0.2) is 94.5 Å². The molecule has 7 nitrogen and oxygen atoms in total. The summed E-state index contributed by atoms with van der Waals surface area (Å²) in [6.45, 7) is 12.8. The lowest BCUT2D eigenvalue weighted by molar-refractivity contribution is 0.0179. The normalized spacial score (nSPS) is 20.1. The van der Waals surface area contributed by atoms with Gasteiger partial charge < -0.3 is 20.1 Å². The highest BCUT2D eigenvalue weighted by atomic mass is 35.5. The van der Waals surface area contributed by atoms with Gasteiger partial charge in [-0.1, -0.05) is 23.7 Å². The van der Waals surface area contributed by atoms with Gasteiger partial charge in [-0.05, 0) is 37.6 Å². The molecule has 2 saturated heterocycles. The zero-order valence-electron chi connectivity index (χ0n) is 18.1. The molecule has 0 bridgehead atoms. The van der Waals surface area contributed by atoms with Crippen molar-refractivity contribution < 1.29 is 9.47 Å². The number of ether oxygens (including phenoxy) is 2. The highest BCUT2D eigenvalue weighted by Gasteiger charge is 2.22. The molecule has 0 aliphatic carbocycles. The average molecular weight is 438 g/mol. The number of hydrogen-bond acceptors (Lipinski definition) is 5. The van der Waals surface area contributed by atoms with E-state index in [1.807, 2.05) is 12.1 Å². The fourth-order valence-electron chi connectivity index (χ4n) is 3.86. The Balaban J connectivity index is 1.56. The van der Waals surface area contributed by atoms with Gasteiger partial charge in [0.2, 0.25) is 0 Å². The fraction of sp³-hybridized carbons (Fsp3) is 0.682. The van der Waals surface area contributed by atoms with Gasteiger partial charge >= 0.3 is 0 Å². The monoisotopic (exact) mass is 437 g/mol. The van der Waals surface area contributed by atoms with Gasteiger partial charge in [0.25, 0.3) is 0 Å². The predicted octanol–water partition coefficient (Wildman–Crippen LogP) is 1.99. The molecule has 2 fully saturated rings. The molecule has 1 aromatic carbocycles. The van der Waals surface area contributed by atoms with Gasteiger partial charge in [0, 0.05) is 44.3 Å². The Morgan fingerprint density at radius 2 is 1.70 bits per heavy atom. The molecule has 0 saturated carbocycles. The van der Waals surface area contributed by atoms with E-state index in [0.717, 1.165) is 89.6 Å². The second kappa shape index (κ2) is 13.1. The molecule has 1 atom stereocenters. The molecule has 0 spiro atoms. The number of morpholine rings is 2. The molecule has 1 aromatic rings. The first-order valence-corrected chi connectivity index (χ1v) is 11.5. The van der Waals surface area contributed by atoms with E-state index in [9.17, 15) is 0 Å². The molecule has 0 amide bonds. The smallest absolute Gasteiger partial charge is 0.191 e. The number of guanidine groups is 1. The first-order valence-electron chi connectivity index (χ1n) is 11.2. The van der Waals surface area contributed by atoms with Crippen LogP contribution in [0, 0.1) is 0 Å². The van der Waals surface area contributed by atoms with Gasteiger partial charge in [0.15, 0.2) is 5.96 Å². The Hall–Kier alpha value is -1.38. The van der Waals surface area contributed by atoms with Crippen molar-refractivity contribution in [2.45, 2.75) is 19.4 Å². The lowest BCUT2D eigenvalue weighted by atomic mass is 10.0. The maximum absolute atomic E-state index is 6.11. The van der Waals surface area contributed by atoms with E-state index in [1.165, 1.54) is 5.56 Å². The molecule has 2 aliphatic heterocycles. The summed E-state index contributed by atoms with van der Waals surface area (Å²) in [5, 5.41) is 7.64. The zero-order valence-corrected chi connectivity index (χ0v) is 18.9. The summed E-state index contributed by atoms with van der Waals surface area (Å²) in [7, 11) is 0. The molecule has 3 rings (SSSR count). The lowest BCUT2D eigenvalue weighted by Gasteiger charge is -2.34. The predicted molar refractivity (Wildman–Crippen MR) is 122 cm³/mol. The number of rotatable bonds is 9. The average Bonchev–Trinajstić information content (AvgIpc) is 2.79. The highest BCUT2D eigenvalue weighted by molar-refractivity contribution is 6.30. The Labute approximate surface area is 185 Å². The van der Waals surface area contributed by atoms with Crippen LogP contribution in [0.3, 0.4) is 0 Å². The van der Waals surface area contributed by atoms with Crippen molar-refractivity contribution in [1.29, 1.82) is 0 Å². The van der Waals surface area contributed by atoms with Crippen molar-refractivity contribution >= 4 is 17.6 Å². The molecule has 168 valence electrons. The summed E-state index contributed by atoms with van der Waals surface area (Å²) < 4.78 is 11.0. The van der Waals surface area contributed by atoms with Crippen molar-refractivity contribution in [3.8, 4) is 0 Å². The Morgan fingerprint density at radius 3 is 2.37 bits per heavy atom. The van der Waals surface area contributed by atoms with E-state index in [0.29, 0.717) is 6.54 Å².